The maximum absolute atomic E-state index is 5.82. The van der Waals surface area contributed by atoms with Crippen molar-refractivity contribution in [3.63, 3.8) is 0 Å². The summed E-state index contributed by atoms with van der Waals surface area (Å²) in [4.78, 5) is 6.96. The Morgan fingerprint density at radius 3 is 1.96 bits per heavy atom. The maximum Gasteiger partial charge on any atom is 0.158 e. The van der Waals surface area contributed by atoms with Gasteiger partial charge in [0.25, 0.3) is 0 Å². The standard InChI is InChI=1S/C22H18N2S3/c25-22(27-21-23-19-13-7-8-14-20(19)26-21)24(15-17-9-3-1-4-10-17)16-18-11-5-2-6-12-18/h1-14H,15-16H2. The van der Waals surface area contributed by atoms with Crippen molar-refractivity contribution in [1.82, 2.24) is 9.88 Å². The van der Waals surface area contributed by atoms with Crippen LogP contribution in [0, 0.1) is 0 Å². The summed E-state index contributed by atoms with van der Waals surface area (Å²) in [5.74, 6) is 0. The third kappa shape index (κ3) is 4.75. The molecule has 5 heteroatoms. The van der Waals surface area contributed by atoms with Gasteiger partial charge < -0.3 is 4.90 Å². The van der Waals surface area contributed by atoms with Gasteiger partial charge in [-0.3, -0.25) is 0 Å². The second-order valence-corrected chi connectivity index (χ2v) is 9.05. The fourth-order valence-electron chi connectivity index (χ4n) is 2.83. The van der Waals surface area contributed by atoms with E-state index in [-0.39, 0.29) is 0 Å². The molecule has 0 bridgehead atoms. The van der Waals surface area contributed by atoms with Crippen LogP contribution < -0.4 is 0 Å². The fourth-order valence-corrected chi connectivity index (χ4v) is 5.27. The highest BCUT2D eigenvalue weighted by Gasteiger charge is 2.15. The SMILES string of the molecule is S=C(Sc1nc2ccccc2s1)N(Cc1ccccc1)Cc1ccccc1. The molecule has 3 aromatic carbocycles. The van der Waals surface area contributed by atoms with Gasteiger partial charge in [-0.05, 0) is 35.0 Å². The minimum absolute atomic E-state index is 0.784. The summed E-state index contributed by atoms with van der Waals surface area (Å²) in [6.45, 7) is 1.57. The molecule has 0 saturated heterocycles. The zero-order valence-electron chi connectivity index (χ0n) is 14.6. The van der Waals surface area contributed by atoms with Gasteiger partial charge in [0, 0.05) is 13.1 Å². The number of rotatable bonds is 5. The summed E-state index contributed by atoms with van der Waals surface area (Å²) in [7, 11) is 0. The first-order valence-corrected chi connectivity index (χ1v) is 10.7. The lowest BCUT2D eigenvalue weighted by Gasteiger charge is -2.24. The number of hydrogen-bond donors (Lipinski definition) is 0. The van der Waals surface area contributed by atoms with Crippen LogP contribution in [-0.4, -0.2) is 14.2 Å². The molecule has 0 spiro atoms. The van der Waals surface area contributed by atoms with E-state index >= 15 is 0 Å². The van der Waals surface area contributed by atoms with Crippen LogP contribution in [0.25, 0.3) is 10.2 Å². The van der Waals surface area contributed by atoms with Crippen molar-refractivity contribution in [3.05, 3.63) is 96.1 Å². The topological polar surface area (TPSA) is 16.1 Å². The van der Waals surface area contributed by atoms with Crippen molar-refractivity contribution in [2.75, 3.05) is 0 Å². The van der Waals surface area contributed by atoms with E-state index in [0.717, 1.165) is 27.3 Å². The van der Waals surface area contributed by atoms with Crippen molar-refractivity contribution >= 4 is 49.9 Å². The van der Waals surface area contributed by atoms with Crippen molar-refractivity contribution < 1.29 is 0 Å². The van der Waals surface area contributed by atoms with Crippen molar-refractivity contribution in [2.24, 2.45) is 0 Å². The Morgan fingerprint density at radius 1 is 0.815 bits per heavy atom. The van der Waals surface area contributed by atoms with Gasteiger partial charge in [0.15, 0.2) is 4.34 Å². The minimum Gasteiger partial charge on any atom is -0.349 e. The summed E-state index contributed by atoms with van der Waals surface area (Å²) in [6.07, 6.45) is 0. The summed E-state index contributed by atoms with van der Waals surface area (Å²) in [5, 5.41) is 0. The van der Waals surface area contributed by atoms with E-state index < -0.39 is 0 Å². The number of thioether (sulfide) groups is 1. The first-order chi connectivity index (χ1) is 13.3. The number of benzene rings is 3. The number of nitrogens with zero attached hydrogens (tertiary/aromatic N) is 2. The third-order valence-corrected chi connectivity index (χ3v) is 6.68. The zero-order chi connectivity index (χ0) is 18.5. The molecule has 0 unspecified atom stereocenters. The molecular weight excluding hydrogens is 388 g/mol. The van der Waals surface area contributed by atoms with Crippen LogP contribution in [0.2, 0.25) is 0 Å². The van der Waals surface area contributed by atoms with Gasteiger partial charge in [-0.2, -0.15) is 0 Å². The molecule has 0 radical (unpaired) electrons. The van der Waals surface area contributed by atoms with E-state index in [1.54, 1.807) is 23.1 Å². The van der Waals surface area contributed by atoms with Gasteiger partial charge in [-0.25, -0.2) is 4.98 Å². The number of thiazole rings is 1. The molecule has 0 aliphatic carbocycles. The highest BCUT2D eigenvalue weighted by molar-refractivity contribution is 8.23. The van der Waals surface area contributed by atoms with Gasteiger partial charge in [-0.1, -0.05) is 85.0 Å². The van der Waals surface area contributed by atoms with Gasteiger partial charge in [0.05, 0.1) is 10.2 Å². The molecule has 1 aromatic heterocycles. The second kappa shape index (κ2) is 8.65. The van der Waals surface area contributed by atoms with E-state index in [1.165, 1.54) is 15.8 Å². The number of para-hydroxylation sites is 1. The van der Waals surface area contributed by atoms with E-state index in [1.807, 2.05) is 30.3 Å². The summed E-state index contributed by atoms with van der Waals surface area (Å²) in [5.41, 5.74) is 3.53. The molecular formula is C22H18N2S3. The Hall–Kier alpha value is -2.21. The molecule has 0 amide bonds. The zero-order valence-corrected chi connectivity index (χ0v) is 17.1. The molecule has 0 saturated carbocycles. The number of thiocarbonyl (C=S) groups is 1. The van der Waals surface area contributed by atoms with E-state index in [4.69, 9.17) is 17.2 Å². The lowest BCUT2D eigenvalue weighted by atomic mass is 10.2. The van der Waals surface area contributed by atoms with Crippen molar-refractivity contribution in [2.45, 2.75) is 17.4 Å². The quantitative estimate of drug-likeness (QED) is 0.282. The van der Waals surface area contributed by atoms with Crippen LogP contribution in [-0.2, 0) is 13.1 Å². The molecule has 0 aliphatic rings. The first-order valence-electron chi connectivity index (χ1n) is 8.68. The Labute approximate surface area is 172 Å². The highest BCUT2D eigenvalue weighted by atomic mass is 32.2. The molecule has 27 heavy (non-hydrogen) atoms. The van der Waals surface area contributed by atoms with Crippen LogP contribution in [0.1, 0.15) is 11.1 Å². The Balaban J connectivity index is 1.55. The molecule has 2 nitrogen and oxygen atoms in total. The van der Waals surface area contributed by atoms with Gasteiger partial charge in [0.1, 0.15) is 4.32 Å². The van der Waals surface area contributed by atoms with Crippen LogP contribution >= 0.6 is 35.3 Å². The average Bonchev–Trinajstić information content (AvgIpc) is 3.11. The lowest BCUT2D eigenvalue weighted by molar-refractivity contribution is 0.421. The predicted molar refractivity (Wildman–Crippen MR) is 120 cm³/mol. The normalized spacial score (nSPS) is 10.8. The molecule has 0 fully saturated rings. The van der Waals surface area contributed by atoms with Crippen LogP contribution in [0.5, 0.6) is 0 Å². The number of aromatic nitrogens is 1. The van der Waals surface area contributed by atoms with Gasteiger partial charge in [-0.15, -0.1) is 11.3 Å². The summed E-state index contributed by atoms with van der Waals surface area (Å²) >= 11 is 9.09. The van der Waals surface area contributed by atoms with E-state index in [9.17, 15) is 0 Å². The average molecular weight is 407 g/mol. The van der Waals surface area contributed by atoms with Crippen LogP contribution in [0.15, 0.2) is 89.3 Å². The fraction of sp³-hybridized carbons (Fsp3) is 0.0909. The smallest absolute Gasteiger partial charge is 0.158 e. The van der Waals surface area contributed by atoms with Crippen molar-refractivity contribution in [3.8, 4) is 0 Å². The van der Waals surface area contributed by atoms with Crippen molar-refractivity contribution in [1.29, 1.82) is 0 Å². The van der Waals surface area contributed by atoms with Gasteiger partial charge >= 0.3 is 0 Å². The van der Waals surface area contributed by atoms with Crippen LogP contribution in [0.4, 0.5) is 0 Å². The predicted octanol–water partition coefficient (Wildman–Crippen LogP) is 6.38. The molecule has 4 rings (SSSR count). The number of fused-ring (bicyclic) bond motifs is 1. The molecule has 134 valence electrons. The monoisotopic (exact) mass is 406 g/mol. The lowest BCUT2D eigenvalue weighted by Crippen LogP contribution is -2.26. The molecule has 4 aromatic rings. The molecule has 0 aliphatic heterocycles. The molecule has 1 heterocycles. The Morgan fingerprint density at radius 2 is 1.37 bits per heavy atom. The van der Waals surface area contributed by atoms with Gasteiger partial charge in [0.2, 0.25) is 0 Å². The highest BCUT2D eigenvalue weighted by Crippen LogP contribution is 2.31. The van der Waals surface area contributed by atoms with E-state index in [0.29, 0.717) is 0 Å². The summed E-state index contributed by atoms with van der Waals surface area (Å²) < 4.78 is 3.04. The molecule has 0 atom stereocenters. The Kier molecular flexibility index (Phi) is 5.82. The second-order valence-electron chi connectivity index (χ2n) is 6.14. The first kappa shape index (κ1) is 18.2. The molecule has 0 N–H and O–H groups in total. The summed E-state index contributed by atoms with van der Waals surface area (Å²) in [6, 6.07) is 29.1. The minimum atomic E-state index is 0.784. The maximum atomic E-state index is 5.82. The number of hydrogen-bond acceptors (Lipinski definition) is 4. The van der Waals surface area contributed by atoms with E-state index in [2.05, 4.69) is 59.5 Å². The largest absolute Gasteiger partial charge is 0.349 e. The van der Waals surface area contributed by atoms with Crippen LogP contribution in [0.3, 0.4) is 0 Å². The third-order valence-electron chi connectivity index (χ3n) is 4.14. The Bertz CT molecular complexity index is 955.